The predicted molar refractivity (Wildman–Crippen MR) is 92.6 cm³/mol. The maximum Gasteiger partial charge on any atom is 0.223 e. The van der Waals surface area contributed by atoms with Crippen LogP contribution in [0.25, 0.3) is 0 Å². The molecule has 1 aliphatic rings. The number of carbonyl (C=O) groups excluding carboxylic acids is 1. The molecule has 0 bridgehead atoms. The average Bonchev–Trinajstić information content (AvgIpc) is 3.22. The van der Waals surface area contributed by atoms with Gasteiger partial charge < -0.3 is 9.47 Å². The SMILES string of the molecule is Cc1nn(C)c(C)c1C1CCCN1C(=O)CCCn1ccnc1C. The molecule has 1 saturated heterocycles. The van der Waals surface area contributed by atoms with E-state index in [0.29, 0.717) is 6.42 Å². The monoisotopic (exact) mass is 329 g/mol. The Hall–Kier alpha value is -2.11. The molecule has 6 nitrogen and oxygen atoms in total. The fourth-order valence-corrected chi connectivity index (χ4v) is 3.82. The standard InChI is InChI=1S/C18H27N5O/c1-13-18(14(2)21(4)20-13)16-7-5-11-23(16)17(24)8-6-10-22-12-9-19-15(22)3/h9,12,16H,5-8,10-11H2,1-4H3. The van der Waals surface area contributed by atoms with Gasteiger partial charge in [0.25, 0.3) is 0 Å². The molecule has 2 aromatic rings. The van der Waals surface area contributed by atoms with E-state index in [1.807, 2.05) is 38.0 Å². The molecule has 1 aliphatic heterocycles. The molecular formula is C18H27N5O. The number of hydrogen-bond donors (Lipinski definition) is 0. The molecule has 1 unspecified atom stereocenters. The lowest BCUT2D eigenvalue weighted by Crippen LogP contribution is -2.31. The van der Waals surface area contributed by atoms with Gasteiger partial charge in [-0.15, -0.1) is 0 Å². The van der Waals surface area contributed by atoms with Gasteiger partial charge in [-0.05, 0) is 40.0 Å². The zero-order chi connectivity index (χ0) is 17.3. The normalized spacial score (nSPS) is 17.7. The minimum atomic E-state index is 0.196. The summed E-state index contributed by atoms with van der Waals surface area (Å²) in [6, 6.07) is 0.196. The summed E-state index contributed by atoms with van der Waals surface area (Å²) in [5.74, 6) is 1.26. The van der Waals surface area contributed by atoms with Crippen LogP contribution in [-0.2, 0) is 18.4 Å². The lowest BCUT2D eigenvalue weighted by Gasteiger charge is -2.25. The third-order valence-electron chi connectivity index (χ3n) is 5.18. The van der Waals surface area contributed by atoms with E-state index in [1.54, 1.807) is 0 Å². The van der Waals surface area contributed by atoms with Crippen LogP contribution >= 0.6 is 0 Å². The number of hydrogen-bond acceptors (Lipinski definition) is 3. The summed E-state index contributed by atoms with van der Waals surface area (Å²) in [6.45, 7) is 7.85. The van der Waals surface area contributed by atoms with E-state index >= 15 is 0 Å². The van der Waals surface area contributed by atoms with Crippen molar-refractivity contribution in [2.45, 2.75) is 59.0 Å². The Bertz CT molecular complexity index is 730. The Balaban J connectivity index is 1.64. The number of aryl methyl sites for hydroxylation is 4. The molecule has 24 heavy (non-hydrogen) atoms. The second-order valence-corrected chi connectivity index (χ2v) is 6.72. The lowest BCUT2D eigenvalue weighted by atomic mass is 10.0. The van der Waals surface area contributed by atoms with Crippen LogP contribution < -0.4 is 0 Å². The van der Waals surface area contributed by atoms with E-state index in [9.17, 15) is 4.79 Å². The minimum absolute atomic E-state index is 0.196. The Kier molecular flexibility index (Phi) is 4.73. The van der Waals surface area contributed by atoms with Gasteiger partial charge in [-0.25, -0.2) is 4.98 Å². The van der Waals surface area contributed by atoms with Crippen molar-refractivity contribution in [2.75, 3.05) is 6.54 Å². The van der Waals surface area contributed by atoms with Crippen LogP contribution in [0.1, 0.15) is 54.5 Å². The number of amides is 1. The van der Waals surface area contributed by atoms with Gasteiger partial charge in [0.05, 0.1) is 11.7 Å². The maximum absolute atomic E-state index is 12.7. The number of rotatable bonds is 5. The molecular weight excluding hydrogens is 302 g/mol. The third kappa shape index (κ3) is 3.09. The van der Waals surface area contributed by atoms with Crippen LogP contribution in [0.4, 0.5) is 0 Å². The van der Waals surface area contributed by atoms with Crippen LogP contribution in [0, 0.1) is 20.8 Å². The van der Waals surface area contributed by atoms with E-state index in [4.69, 9.17) is 0 Å². The van der Waals surface area contributed by atoms with Gasteiger partial charge in [0, 0.05) is 50.2 Å². The highest BCUT2D eigenvalue weighted by Gasteiger charge is 2.33. The van der Waals surface area contributed by atoms with Crippen molar-refractivity contribution in [2.24, 2.45) is 7.05 Å². The van der Waals surface area contributed by atoms with E-state index in [0.717, 1.165) is 43.9 Å². The molecule has 0 radical (unpaired) electrons. The fourth-order valence-electron chi connectivity index (χ4n) is 3.82. The average molecular weight is 329 g/mol. The summed E-state index contributed by atoms with van der Waals surface area (Å²) in [5.41, 5.74) is 3.47. The van der Waals surface area contributed by atoms with Crippen LogP contribution in [0.2, 0.25) is 0 Å². The first-order valence-electron chi connectivity index (χ1n) is 8.76. The van der Waals surface area contributed by atoms with Crippen LogP contribution in [-0.4, -0.2) is 36.7 Å². The van der Waals surface area contributed by atoms with Crippen molar-refractivity contribution in [1.29, 1.82) is 0 Å². The highest BCUT2D eigenvalue weighted by Crippen LogP contribution is 2.35. The summed E-state index contributed by atoms with van der Waals surface area (Å²) in [5, 5.41) is 4.52. The highest BCUT2D eigenvalue weighted by atomic mass is 16.2. The highest BCUT2D eigenvalue weighted by molar-refractivity contribution is 5.77. The molecule has 2 aromatic heterocycles. The van der Waals surface area contributed by atoms with Gasteiger partial charge in [0.1, 0.15) is 5.82 Å². The minimum Gasteiger partial charge on any atom is -0.336 e. The summed E-state index contributed by atoms with van der Waals surface area (Å²) in [7, 11) is 1.97. The summed E-state index contributed by atoms with van der Waals surface area (Å²) < 4.78 is 4.03. The molecule has 6 heteroatoms. The summed E-state index contributed by atoms with van der Waals surface area (Å²) in [4.78, 5) is 19.0. The molecule has 0 aromatic carbocycles. The Labute approximate surface area is 143 Å². The van der Waals surface area contributed by atoms with Gasteiger partial charge in [-0.3, -0.25) is 9.48 Å². The summed E-state index contributed by atoms with van der Waals surface area (Å²) in [6.07, 6.45) is 7.34. The zero-order valence-corrected chi connectivity index (χ0v) is 15.1. The number of nitrogens with zero attached hydrogens (tertiary/aromatic N) is 5. The van der Waals surface area contributed by atoms with Gasteiger partial charge in [-0.2, -0.15) is 5.10 Å². The van der Waals surface area contributed by atoms with Crippen molar-refractivity contribution < 1.29 is 4.79 Å². The number of carbonyl (C=O) groups is 1. The van der Waals surface area contributed by atoms with Crippen molar-refractivity contribution in [3.8, 4) is 0 Å². The maximum atomic E-state index is 12.7. The molecule has 3 heterocycles. The van der Waals surface area contributed by atoms with E-state index in [-0.39, 0.29) is 11.9 Å². The fraction of sp³-hybridized carbons (Fsp3) is 0.611. The number of likely N-dealkylation sites (tertiary alicyclic amines) is 1. The molecule has 0 aliphatic carbocycles. The van der Waals surface area contributed by atoms with Gasteiger partial charge in [0.2, 0.25) is 5.91 Å². The van der Waals surface area contributed by atoms with Crippen LogP contribution in [0.3, 0.4) is 0 Å². The molecule has 1 atom stereocenters. The molecule has 0 saturated carbocycles. The van der Waals surface area contributed by atoms with Gasteiger partial charge in [0.15, 0.2) is 0 Å². The van der Waals surface area contributed by atoms with E-state index in [1.165, 1.54) is 11.3 Å². The largest absolute Gasteiger partial charge is 0.336 e. The van der Waals surface area contributed by atoms with Crippen molar-refractivity contribution in [1.82, 2.24) is 24.2 Å². The zero-order valence-electron chi connectivity index (χ0n) is 15.1. The van der Waals surface area contributed by atoms with Crippen molar-refractivity contribution in [3.63, 3.8) is 0 Å². The molecule has 0 spiro atoms. The van der Waals surface area contributed by atoms with Crippen molar-refractivity contribution >= 4 is 5.91 Å². The first-order chi connectivity index (χ1) is 11.5. The smallest absolute Gasteiger partial charge is 0.223 e. The molecule has 1 amide bonds. The van der Waals surface area contributed by atoms with E-state index < -0.39 is 0 Å². The quantitative estimate of drug-likeness (QED) is 0.847. The Morgan fingerprint density at radius 1 is 1.33 bits per heavy atom. The molecule has 130 valence electrons. The second kappa shape index (κ2) is 6.79. The second-order valence-electron chi connectivity index (χ2n) is 6.72. The number of aromatic nitrogens is 4. The first kappa shape index (κ1) is 16.7. The Morgan fingerprint density at radius 2 is 2.12 bits per heavy atom. The third-order valence-corrected chi connectivity index (χ3v) is 5.18. The van der Waals surface area contributed by atoms with Gasteiger partial charge >= 0.3 is 0 Å². The summed E-state index contributed by atoms with van der Waals surface area (Å²) >= 11 is 0. The van der Waals surface area contributed by atoms with Crippen molar-refractivity contribution in [3.05, 3.63) is 35.2 Å². The topological polar surface area (TPSA) is 56.0 Å². The number of imidazole rings is 1. The van der Waals surface area contributed by atoms with Crippen LogP contribution in [0.15, 0.2) is 12.4 Å². The first-order valence-corrected chi connectivity index (χ1v) is 8.76. The lowest BCUT2D eigenvalue weighted by molar-refractivity contribution is -0.132. The Morgan fingerprint density at radius 3 is 2.75 bits per heavy atom. The molecule has 1 fully saturated rings. The van der Waals surface area contributed by atoms with Crippen LogP contribution in [0.5, 0.6) is 0 Å². The van der Waals surface area contributed by atoms with Gasteiger partial charge in [-0.1, -0.05) is 0 Å². The van der Waals surface area contributed by atoms with E-state index in [2.05, 4.69) is 26.5 Å². The molecule has 3 rings (SSSR count). The molecule has 0 N–H and O–H groups in total. The predicted octanol–water partition coefficient (Wildman–Crippen LogP) is 2.69.